The Kier molecular flexibility index (Phi) is 6.79. The maximum absolute atomic E-state index is 13.1. The lowest BCUT2D eigenvalue weighted by atomic mass is 10.1. The average molecular weight is 534 g/mol. The zero-order valence-corrected chi connectivity index (χ0v) is 19.9. The Morgan fingerprint density at radius 3 is 2.28 bits per heavy atom. The molecule has 0 atom stereocenters. The molecule has 0 unspecified atom stereocenters. The van der Waals surface area contributed by atoms with Gasteiger partial charge in [-0.05, 0) is 61.0 Å². The Balaban J connectivity index is 1.55. The lowest BCUT2D eigenvalue weighted by Gasteiger charge is -2.18. The van der Waals surface area contributed by atoms with Gasteiger partial charge in [-0.2, -0.15) is 13.2 Å². The molecular formula is C25H16Cl2F3N3O3. The van der Waals surface area contributed by atoms with Crippen molar-refractivity contribution in [2.75, 3.05) is 15.5 Å². The molecule has 2 N–H and O–H groups in total. The highest BCUT2D eigenvalue weighted by molar-refractivity contribution is 6.53. The Morgan fingerprint density at radius 2 is 1.56 bits per heavy atom. The molecule has 1 aliphatic heterocycles. The van der Waals surface area contributed by atoms with E-state index in [1.165, 1.54) is 36.4 Å². The maximum Gasteiger partial charge on any atom is 0.416 e. The van der Waals surface area contributed by atoms with E-state index < -0.39 is 29.5 Å². The van der Waals surface area contributed by atoms with Crippen LogP contribution in [0.1, 0.15) is 21.5 Å². The molecule has 0 saturated carbocycles. The fourth-order valence-corrected chi connectivity index (χ4v) is 3.91. The van der Waals surface area contributed by atoms with Crippen LogP contribution in [0.2, 0.25) is 5.02 Å². The van der Waals surface area contributed by atoms with Crippen LogP contribution >= 0.6 is 23.2 Å². The summed E-state index contributed by atoms with van der Waals surface area (Å²) >= 11 is 12.3. The van der Waals surface area contributed by atoms with Crippen molar-refractivity contribution in [1.29, 1.82) is 0 Å². The number of hydrogen-bond donors (Lipinski definition) is 2. The topological polar surface area (TPSA) is 78.5 Å². The van der Waals surface area contributed by atoms with Crippen molar-refractivity contribution in [1.82, 2.24) is 0 Å². The fourth-order valence-electron chi connectivity index (χ4n) is 3.53. The van der Waals surface area contributed by atoms with Gasteiger partial charge >= 0.3 is 6.18 Å². The van der Waals surface area contributed by atoms with Gasteiger partial charge in [-0.25, -0.2) is 4.90 Å². The number of rotatable bonds is 5. The molecule has 0 radical (unpaired) electrons. The normalized spacial score (nSPS) is 13.9. The highest BCUT2D eigenvalue weighted by atomic mass is 35.5. The van der Waals surface area contributed by atoms with Gasteiger partial charge in [0.05, 0.1) is 11.3 Å². The van der Waals surface area contributed by atoms with Crippen LogP contribution in [0.4, 0.5) is 30.2 Å². The number of carbonyl (C=O) groups excluding carboxylic acids is 3. The number of nitrogens with zero attached hydrogens (tertiary/aromatic N) is 1. The summed E-state index contributed by atoms with van der Waals surface area (Å²) in [7, 11) is 0. The number of amides is 3. The van der Waals surface area contributed by atoms with Crippen LogP contribution in [0.25, 0.3) is 0 Å². The van der Waals surface area contributed by atoms with E-state index in [2.05, 4.69) is 10.6 Å². The first kappa shape index (κ1) is 25.3. The Morgan fingerprint density at radius 1 is 0.889 bits per heavy atom. The predicted molar refractivity (Wildman–Crippen MR) is 131 cm³/mol. The minimum atomic E-state index is -4.56. The van der Waals surface area contributed by atoms with E-state index in [-0.39, 0.29) is 33.4 Å². The molecule has 3 aromatic rings. The quantitative estimate of drug-likeness (QED) is 0.374. The average Bonchev–Trinajstić information content (AvgIpc) is 3.04. The molecular weight excluding hydrogens is 518 g/mol. The third-order valence-corrected chi connectivity index (χ3v) is 6.11. The van der Waals surface area contributed by atoms with Gasteiger partial charge in [0.1, 0.15) is 10.7 Å². The van der Waals surface area contributed by atoms with Crippen molar-refractivity contribution in [3.8, 4) is 0 Å². The molecule has 36 heavy (non-hydrogen) atoms. The number of carbonyl (C=O) groups is 3. The lowest BCUT2D eigenvalue weighted by Crippen LogP contribution is -2.32. The number of anilines is 3. The molecule has 1 heterocycles. The van der Waals surface area contributed by atoms with Gasteiger partial charge in [-0.3, -0.25) is 14.4 Å². The number of nitrogens with one attached hydrogen (secondary N) is 2. The summed E-state index contributed by atoms with van der Waals surface area (Å²) in [5.41, 5.74) is 0.00124. The van der Waals surface area contributed by atoms with E-state index in [1.54, 1.807) is 25.1 Å². The van der Waals surface area contributed by atoms with Gasteiger partial charge in [0.2, 0.25) is 0 Å². The van der Waals surface area contributed by atoms with Crippen LogP contribution in [0.3, 0.4) is 0 Å². The van der Waals surface area contributed by atoms with Gasteiger partial charge in [-0.1, -0.05) is 41.4 Å². The molecule has 6 nitrogen and oxygen atoms in total. The number of alkyl halides is 3. The van der Waals surface area contributed by atoms with Crippen molar-refractivity contribution < 1.29 is 27.6 Å². The summed E-state index contributed by atoms with van der Waals surface area (Å²) in [5.74, 6) is -2.13. The summed E-state index contributed by atoms with van der Waals surface area (Å²) in [6.07, 6.45) is -4.56. The second-order valence-electron chi connectivity index (χ2n) is 7.76. The highest BCUT2D eigenvalue weighted by Crippen LogP contribution is 2.34. The number of halogens is 5. The van der Waals surface area contributed by atoms with Crippen LogP contribution in [-0.2, 0) is 15.8 Å². The first-order chi connectivity index (χ1) is 17.0. The van der Waals surface area contributed by atoms with Gasteiger partial charge in [0, 0.05) is 22.0 Å². The van der Waals surface area contributed by atoms with Crippen LogP contribution in [0.15, 0.2) is 77.5 Å². The van der Waals surface area contributed by atoms with E-state index in [0.717, 1.165) is 17.0 Å². The molecule has 4 rings (SSSR count). The highest BCUT2D eigenvalue weighted by Gasteiger charge is 2.39. The molecule has 11 heteroatoms. The third kappa shape index (κ3) is 4.93. The number of benzene rings is 3. The summed E-state index contributed by atoms with van der Waals surface area (Å²) in [5, 5.41) is 5.19. The standard InChI is InChI=1S/C25H16Cl2F3N3O3/c1-13-18(26)9-4-10-19(13)33-23(35)20(27)21(24(33)36)31-16-7-2-5-14(11-16)22(34)32-17-8-3-6-15(12-17)25(28,29)30/h2-12,31H,1H3,(H,32,34). The van der Waals surface area contributed by atoms with E-state index in [1.807, 2.05) is 0 Å². The summed E-state index contributed by atoms with van der Waals surface area (Å²) in [4.78, 5) is 39.3. The van der Waals surface area contributed by atoms with Crippen molar-refractivity contribution >= 4 is 58.0 Å². The monoisotopic (exact) mass is 533 g/mol. The van der Waals surface area contributed by atoms with Crippen molar-refractivity contribution in [3.05, 3.63) is 99.2 Å². The molecule has 3 amide bonds. The van der Waals surface area contributed by atoms with Crippen molar-refractivity contribution in [2.24, 2.45) is 0 Å². The second kappa shape index (κ2) is 9.67. The van der Waals surface area contributed by atoms with Crippen LogP contribution in [-0.4, -0.2) is 17.7 Å². The van der Waals surface area contributed by atoms with Gasteiger partial charge < -0.3 is 10.6 Å². The lowest BCUT2D eigenvalue weighted by molar-refractivity contribution is -0.137. The third-order valence-electron chi connectivity index (χ3n) is 5.35. The maximum atomic E-state index is 13.1. The summed E-state index contributed by atoms with van der Waals surface area (Å²) < 4.78 is 38.8. The zero-order valence-electron chi connectivity index (χ0n) is 18.4. The van der Waals surface area contributed by atoms with E-state index in [0.29, 0.717) is 10.6 Å². The Labute approximate surface area is 213 Å². The Hall–Kier alpha value is -3.82. The van der Waals surface area contributed by atoms with Gasteiger partial charge in [0.15, 0.2) is 0 Å². The van der Waals surface area contributed by atoms with Crippen molar-refractivity contribution in [3.63, 3.8) is 0 Å². The fraction of sp³-hybridized carbons (Fsp3) is 0.0800. The van der Waals surface area contributed by atoms with E-state index >= 15 is 0 Å². The predicted octanol–water partition coefficient (Wildman–Crippen LogP) is 6.36. The molecule has 0 spiro atoms. The van der Waals surface area contributed by atoms with E-state index in [4.69, 9.17) is 23.2 Å². The molecule has 0 bridgehead atoms. The second-order valence-corrected chi connectivity index (χ2v) is 8.54. The number of imide groups is 1. The molecule has 0 aromatic heterocycles. The smallest absolute Gasteiger partial charge is 0.350 e. The van der Waals surface area contributed by atoms with Crippen LogP contribution < -0.4 is 15.5 Å². The minimum absolute atomic E-state index is 0.0389. The molecule has 184 valence electrons. The molecule has 0 fully saturated rings. The molecule has 3 aromatic carbocycles. The first-order valence-corrected chi connectivity index (χ1v) is 11.1. The van der Waals surface area contributed by atoms with Crippen LogP contribution in [0, 0.1) is 6.92 Å². The van der Waals surface area contributed by atoms with Gasteiger partial charge in [-0.15, -0.1) is 0 Å². The first-order valence-electron chi connectivity index (χ1n) is 10.4. The SMILES string of the molecule is Cc1c(Cl)cccc1N1C(=O)C(Cl)=C(Nc2cccc(C(=O)Nc3cccc(C(F)(F)F)c3)c2)C1=O. The Bertz CT molecular complexity index is 1440. The zero-order chi connectivity index (χ0) is 26.2. The minimum Gasteiger partial charge on any atom is -0.350 e. The van der Waals surface area contributed by atoms with E-state index in [9.17, 15) is 27.6 Å². The molecule has 0 saturated heterocycles. The van der Waals surface area contributed by atoms with Crippen molar-refractivity contribution in [2.45, 2.75) is 13.1 Å². The molecule has 0 aliphatic carbocycles. The number of hydrogen-bond acceptors (Lipinski definition) is 4. The van der Waals surface area contributed by atoms with Gasteiger partial charge in [0.25, 0.3) is 17.7 Å². The largest absolute Gasteiger partial charge is 0.416 e. The summed E-state index contributed by atoms with van der Waals surface area (Å²) in [6, 6.07) is 14.8. The van der Waals surface area contributed by atoms with Crippen LogP contribution in [0.5, 0.6) is 0 Å². The summed E-state index contributed by atoms with van der Waals surface area (Å²) in [6.45, 7) is 1.66. The molecule has 1 aliphatic rings.